The van der Waals surface area contributed by atoms with E-state index in [-0.39, 0.29) is 34.0 Å². The summed E-state index contributed by atoms with van der Waals surface area (Å²) in [6.45, 7) is 5.74. The van der Waals surface area contributed by atoms with E-state index in [0.29, 0.717) is 24.2 Å². The van der Waals surface area contributed by atoms with Crippen LogP contribution in [0.4, 0.5) is 0 Å². The summed E-state index contributed by atoms with van der Waals surface area (Å²) in [5, 5.41) is 8.04. The molecule has 0 radical (unpaired) electrons. The molecule has 5 heteroatoms. The summed E-state index contributed by atoms with van der Waals surface area (Å²) in [6.07, 6.45) is 12.2. The van der Waals surface area contributed by atoms with Crippen molar-refractivity contribution in [2.24, 2.45) is 34.5 Å². The Labute approximate surface area is 214 Å². The second-order valence-corrected chi connectivity index (χ2v) is 13.1. The standard InChI is InChI=1S/C30H39ClN2O2/c1-28-16-12-24-22(18-32-26-17-21(34)11-15-29(24,26)2)23(28)9-10-25(28)27(35)33-30(13-3-4-14-30)19-5-7-20(31)8-6-19/h5-8,17,22-25,32H,3-4,9-16,18H2,1-2H3,(H,33,35)/t22-,23-,24-,25+,28-,29+/m0/s1. The predicted octanol–water partition coefficient (Wildman–Crippen LogP) is 6.14. The van der Waals surface area contributed by atoms with Gasteiger partial charge in [0, 0.05) is 41.1 Å². The topological polar surface area (TPSA) is 58.2 Å². The molecule has 188 valence electrons. The summed E-state index contributed by atoms with van der Waals surface area (Å²) >= 11 is 6.17. The predicted molar refractivity (Wildman–Crippen MR) is 139 cm³/mol. The molecule has 0 unspecified atom stereocenters. The van der Waals surface area contributed by atoms with Crippen LogP contribution in [0.3, 0.4) is 0 Å². The van der Waals surface area contributed by atoms with Crippen LogP contribution in [0.1, 0.15) is 83.6 Å². The molecule has 1 aromatic carbocycles. The number of rotatable bonds is 3. The molecule has 6 atom stereocenters. The van der Waals surface area contributed by atoms with Gasteiger partial charge < -0.3 is 10.6 Å². The van der Waals surface area contributed by atoms with Crippen LogP contribution < -0.4 is 10.6 Å². The molecule has 0 bridgehead atoms. The molecule has 3 saturated carbocycles. The Balaban J connectivity index is 1.23. The summed E-state index contributed by atoms with van der Waals surface area (Å²) < 4.78 is 0. The molecular formula is C30H39ClN2O2. The molecule has 5 aliphatic rings. The Bertz CT molecular complexity index is 1060. The number of hydrogen-bond donors (Lipinski definition) is 2. The Morgan fingerprint density at radius 2 is 1.74 bits per heavy atom. The molecule has 6 rings (SSSR count). The molecule has 35 heavy (non-hydrogen) atoms. The van der Waals surface area contributed by atoms with Gasteiger partial charge in [-0.1, -0.05) is 50.4 Å². The largest absolute Gasteiger partial charge is 0.387 e. The normalized spacial score (nSPS) is 39.6. The number of carbonyl (C=O) groups excluding carboxylic acids is 2. The second kappa shape index (κ2) is 8.36. The molecule has 4 fully saturated rings. The maximum Gasteiger partial charge on any atom is 0.224 e. The van der Waals surface area contributed by atoms with Crippen molar-refractivity contribution in [1.82, 2.24) is 10.6 Å². The first-order valence-electron chi connectivity index (χ1n) is 13.8. The third-order valence-electron chi connectivity index (χ3n) is 11.1. The summed E-state index contributed by atoms with van der Waals surface area (Å²) in [7, 11) is 0. The molecule has 4 nitrogen and oxygen atoms in total. The fourth-order valence-corrected chi connectivity index (χ4v) is 9.26. The number of hydrogen-bond acceptors (Lipinski definition) is 3. The van der Waals surface area contributed by atoms with Gasteiger partial charge in [0.2, 0.25) is 5.91 Å². The summed E-state index contributed by atoms with van der Waals surface area (Å²) in [4.78, 5) is 26.1. The Morgan fingerprint density at radius 1 is 1.00 bits per heavy atom. The van der Waals surface area contributed by atoms with E-state index in [1.165, 1.54) is 11.3 Å². The molecule has 1 heterocycles. The molecule has 1 aromatic rings. The number of ketones is 1. The molecule has 1 aliphatic heterocycles. The minimum absolute atomic E-state index is 0.0504. The monoisotopic (exact) mass is 494 g/mol. The zero-order chi connectivity index (χ0) is 24.4. The minimum atomic E-state index is -0.248. The van der Waals surface area contributed by atoms with Gasteiger partial charge >= 0.3 is 0 Å². The highest BCUT2D eigenvalue weighted by molar-refractivity contribution is 6.30. The van der Waals surface area contributed by atoms with Gasteiger partial charge in [-0.25, -0.2) is 0 Å². The summed E-state index contributed by atoms with van der Waals surface area (Å²) in [5.74, 6) is 2.37. The van der Waals surface area contributed by atoms with Gasteiger partial charge in [0.25, 0.3) is 0 Å². The van der Waals surface area contributed by atoms with Gasteiger partial charge in [-0.05, 0) is 85.8 Å². The van der Waals surface area contributed by atoms with E-state index in [0.717, 1.165) is 69.4 Å². The zero-order valence-electron chi connectivity index (χ0n) is 21.2. The van der Waals surface area contributed by atoms with Gasteiger partial charge in [0.1, 0.15) is 0 Å². The third kappa shape index (κ3) is 3.61. The van der Waals surface area contributed by atoms with Crippen molar-refractivity contribution in [3.8, 4) is 0 Å². The molecule has 1 saturated heterocycles. The molecule has 0 aromatic heterocycles. The van der Waals surface area contributed by atoms with Crippen LogP contribution in [-0.4, -0.2) is 18.2 Å². The van der Waals surface area contributed by atoms with Crippen molar-refractivity contribution in [3.05, 3.63) is 46.6 Å². The highest BCUT2D eigenvalue weighted by atomic mass is 35.5. The van der Waals surface area contributed by atoms with Crippen molar-refractivity contribution < 1.29 is 9.59 Å². The maximum absolute atomic E-state index is 14.0. The first kappa shape index (κ1) is 23.6. The molecular weight excluding hydrogens is 456 g/mol. The maximum atomic E-state index is 14.0. The van der Waals surface area contributed by atoms with Crippen LogP contribution >= 0.6 is 11.6 Å². The van der Waals surface area contributed by atoms with Gasteiger partial charge in [-0.15, -0.1) is 0 Å². The van der Waals surface area contributed by atoms with Crippen LogP contribution in [-0.2, 0) is 15.1 Å². The Morgan fingerprint density at radius 3 is 2.49 bits per heavy atom. The van der Waals surface area contributed by atoms with Gasteiger partial charge in [-0.3, -0.25) is 9.59 Å². The molecule has 4 aliphatic carbocycles. The van der Waals surface area contributed by atoms with Crippen molar-refractivity contribution in [2.45, 2.75) is 83.6 Å². The van der Waals surface area contributed by atoms with E-state index in [2.05, 4.69) is 36.6 Å². The van der Waals surface area contributed by atoms with E-state index >= 15 is 0 Å². The van der Waals surface area contributed by atoms with Crippen molar-refractivity contribution in [3.63, 3.8) is 0 Å². The zero-order valence-corrected chi connectivity index (χ0v) is 21.9. The van der Waals surface area contributed by atoms with E-state index in [9.17, 15) is 9.59 Å². The number of fused-ring (bicyclic) bond motifs is 5. The lowest BCUT2D eigenvalue weighted by molar-refractivity contribution is -0.134. The van der Waals surface area contributed by atoms with Crippen molar-refractivity contribution in [1.29, 1.82) is 0 Å². The number of allylic oxidation sites excluding steroid dienone is 2. The Kier molecular flexibility index (Phi) is 5.63. The minimum Gasteiger partial charge on any atom is -0.387 e. The van der Waals surface area contributed by atoms with Crippen molar-refractivity contribution in [2.75, 3.05) is 6.54 Å². The highest BCUT2D eigenvalue weighted by Gasteiger charge is 2.60. The first-order valence-corrected chi connectivity index (χ1v) is 14.2. The van der Waals surface area contributed by atoms with Crippen molar-refractivity contribution >= 4 is 23.3 Å². The van der Waals surface area contributed by atoms with Crippen LogP contribution in [0.2, 0.25) is 5.02 Å². The van der Waals surface area contributed by atoms with Gasteiger partial charge in [-0.2, -0.15) is 0 Å². The van der Waals surface area contributed by atoms with E-state index in [1.807, 2.05) is 18.2 Å². The molecule has 2 N–H and O–H groups in total. The van der Waals surface area contributed by atoms with Gasteiger partial charge in [0.05, 0.1) is 5.54 Å². The summed E-state index contributed by atoms with van der Waals surface area (Å²) in [5.41, 5.74) is 2.26. The third-order valence-corrected chi connectivity index (χ3v) is 11.4. The quantitative estimate of drug-likeness (QED) is 0.530. The molecule has 1 amide bonds. The van der Waals surface area contributed by atoms with E-state index in [1.54, 1.807) is 0 Å². The molecule has 0 spiro atoms. The fourth-order valence-electron chi connectivity index (χ4n) is 9.13. The lowest BCUT2D eigenvalue weighted by Crippen LogP contribution is -2.57. The lowest BCUT2D eigenvalue weighted by Gasteiger charge is -2.58. The number of piperidine rings is 1. The number of amides is 1. The SMILES string of the molecule is C[C@]12CC[C@H]3[C@@H](CNC4=CC(=O)CC[C@@]43C)[C@@H]1CC[C@@H]2C(=O)NC1(c2ccc(Cl)cc2)CCCC1. The average Bonchev–Trinajstić information content (AvgIpc) is 3.44. The number of benzene rings is 1. The highest BCUT2D eigenvalue weighted by Crippen LogP contribution is 2.64. The van der Waals surface area contributed by atoms with Gasteiger partial charge in [0.15, 0.2) is 5.78 Å². The number of nitrogens with one attached hydrogen (secondary N) is 2. The fraction of sp³-hybridized carbons (Fsp3) is 0.667. The lowest BCUT2D eigenvalue weighted by atomic mass is 9.50. The smallest absolute Gasteiger partial charge is 0.224 e. The van der Waals surface area contributed by atoms with E-state index in [4.69, 9.17) is 11.6 Å². The van der Waals surface area contributed by atoms with E-state index < -0.39 is 0 Å². The van der Waals surface area contributed by atoms with Crippen LogP contribution in [0, 0.1) is 34.5 Å². The Hall–Kier alpha value is -1.81. The van der Waals surface area contributed by atoms with Crippen LogP contribution in [0.5, 0.6) is 0 Å². The first-order chi connectivity index (χ1) is 16.8. The number of carbonyl (C=O) groups is 2. The second-order valence-electron chi connectivity index (χ2n) is 12.7. The average molecular weight is 495 g/mol. The summed E-state index contributed by atoms with van der Waals surface area (Å²) in [6, 6.07) is 8.12. The van der Waals surface area contributed by atoms with Crippen LogP contribution in [0.25, 0.3) is 0 Å². The number of halogens is 1. The van der Waals surface area contributed by atoms with Crippen LogP contribution in [0.15, 0.2) is 36.0 Å².